The molecule has 0 spiro atoms. The molecular formula is C37H26. The van der Waals surface area contributed by atoms with Crippen molar-refractivity contribution in [2.75, 3.05) is 0 Å². The van der Waals surface area contributed by atoms with Crippen LogP contribution in [0.15, 0.2) is 121 Å². The smallest absolute Gasteiger partial charge is 0.0165 e. The van der Waals surface area contributed by atoms with Crippen LogP contribution < -0.4 is 0 Å². The van der Waals surface area contributed by atoms with E-state index in [1.807, 2.05) is 0 Å². The van der Waals surface area contributed by atoms with Crippen LogP contribution >= 0.6 is 0 Å². The number of benzene rings is 7. The van der Waals surface area contributed by atoms with Gasteiger partial charge in [0.1, 0.15) is 0 Å². The van der Waals surface area contributed by atoms with Gasteiger partial charge in [-0.15, -0.1) is 0 Å². The molecule has 0 heterocycles. The van der Waals surface area contributed by atoms with Gasteiger partial charge >= 0.3 is 0 Å². The van der Waals surface area contributed by atoms with Crippen LogP contribution in [0.5, 0.6) is 0 Å². The van der Waals surface area contributed by atoms with E-state index in [-0.39, 0.29) is 5.41 Å². The highest BCUT2D eigenvalue weighted by Crippen LogP contribution is 2.52. The molecule has 7 aromatic carbocycles. The second kappa shape index (κ2) is 7.31. The first-order valence-corrected chi connectivity index (χ1v) is 13.1. The highest BCUT2D eigenvalue weighted by Gasteiger charge is 2.37. The second-order valence-corrected chi connectivity index (χ2v) is 10.9. The Balaban J connectivity index is 1.45. The average molecular weight is 471 g/mol. The lowest BCUT2D eigenvalue weighted by atomic mass is 9.79. The van der Waals surface area contributed by atoms with E-state index < -0.39 is 0 Å². The Labute approximate surface area is 216 Å². The van der Waals surface area contributed by atoms with Gasteiger partial charge in [-0.05, 0) is 88.6 Å². The van der Waals surface area contributed by atoms with Crippen molar-refractivity contribution < 1.29 is 0 Å². The highest BCUT2D eigenvalue weighted by atomic mass is 14.4. The minimum atomic E-state index is -0.0748. The van der Waals surface area contributed by atoms with Crippen LogP contribution in [-0.2, 0) is 5.41 Å². The van der Waals surface area contributed by atoms with Crippen molar-refractivity contribution in [2.24, 2.45) is 0 Å². The molecule has 174 valence electrons. The molecular weight excluding hydrogens is 444 g/mol. The Morgan fingerprint density at radius 2 is 1.05 bits per heavy atom. The predicted molar refractivity (Wildman–Crippen MR) is 159 cm³/mol. The van der Waals surface area contributed by atoms with E-state index in [2.05, 4.69) is 135 Å². The zero-order chi connectivity index (χ0) is 24.7. The molecule has 0 fully saturated rings. The molecule has 37 heavy (non-hydrogen) atoms. The molecule has 0 radical (unpaired) electrons. The molecule has 0 aromatic heterocycles. The predicted octanol–water partition coefficient (Wildman–Crippen LogP) is 10.3. The minimum absolute atomic E-state index is 0.0748. The average Bonchev–Trinajstić information content (AvgIpc) is 3.18. The summed E-state index contributed by atoms with van der Waals surface area (Å²) >= 11 is 0. The van der Waals surface area contributed by atoms with Gasteiger partial charge in [-0.3, -0.25) is 0 Å². The van der Waals surface area contributed by atoms with Crippen LogP contribution in [-0.4, -0.2) is 0 Å². The summed E-state index contributed by atoms with van der Waals surface area (Å²) in [6.07, 6.45) is 0. The molecule has 0 saturated heterocycles. The lowest BCUT2D eigenvalue weighted by Crippen LogP contribution is -2.15. The summed E-state index contributed by atoms with van der Waals surface area (Å²) in [5.74, 6) is 0. The van der Waals surface area contributed by atoms with Gasteiger partial charge in [-0.1, -0.05) is 123 Å². The molecule has 0 amide bonds. The Bertz CT molecular complexity index is 2060. The van der Waals surface area contributed by atoms with Crippen molar-refractivity contribution in [3.05, 3.63) is 132 Å². The molecule has 0 saturated carbocycles. The number of fused-ring (bicyclic) bond motifs is 9. The maximum absolute atomic E-state index is 2.47. The Hall–Kier alpha value is -4.42. The van der Waals surface area contributed by atoms with Gasteiger partial charge in [0.05, 0.1) is 0 Å². The minimum Gasteiger partial charge on any atom is -0.0616 e. The van der Waals surface area contributed by atoms with Gasteiger partial charge in [0.25, 0.3) is 0 Å². The topological polar surface area (TPSA) is 0 Å². The third kappa shape index (κ3) is 2.79. The molecule has 0 aliphatic heterocycles. The molecule has 0 nitrogen and oxygen atoms in total. The molecule has 0 unspecified atom stereocenters. The molecule has 1 aliphatic carbocycles. The van der Waals surface area contributed by atoms with Gasteiger partial charge in [-0.2, -0.15) is 0 Å². The molecule has 8 rings (SSSR count). The Morgan fingerprint density at radius 3 is 1.86 bits per heavy atom. The Morgan fingerprint density at radius 1 is 0.432 bits per heavy atom. The maximum atomic E-state index is 2.47. The largest absolute Gasteiger partial charge is 0.0616 e. The van der Waals surface area contributed by atoms with Crippen molar-refractivity contribution in [1.29, 1.82) is 0 Å². The van der Waals surface area contributed by atoms with E-state index in [0.29, 0.717) is 0 Å². The highest BCUT2D eigenvalue weighted by molar-refractivity contribution is 6.20. The summed E-state index contributed by atoms with van der Waals surface area (Å²) in [5.41, 5.74) is 8.15. The fraction of sp³-hybridized carbons (Fsp3) is 0.0811. The van der Waals surface area contributed by atoms with E-state index in [0.717, 1.165) is 0 Å². The zero-order valence-corrected chi connectivity index (χ0v) is 21.0. The fourth-order valence-electron chi connectivity index (χ4n) is 6.89. The third-order valence-corrected chi connectivity index (χ3v) is 8.60. The summed E-state index contributed by atoms with van der Waals surface area (Å²) in [6, 6.07) is 45.1. The molecule has 7 aromatic rings. The van der Waals surface area contributed by atoms with E-state index in [1.54, 1.807) is 0 Å². The SMILES string of the molecule is CC1(C)c2cc(-c3c4ccccc4cc4c3ccc3ccccc34)ccc2-c2ccc3ccccc3c21. The van der Waals surface area contributed by atoms with Crippen LogP contribution in [0.4, 0.5) is 0 Å². The summed E-state index contributed by atoms with van der Waals surface area (Å²) < 4.78 is 0. The van der Waals surface area contributed by atoms with E-state index >= 15 is 0 Å². The van der Waals surface area contributed by atoms with Crippen molar-refractivity contribution >= 4 is 43.1 Å². The summed E-state index contributed by atoms with van der Waals surface area (Å²) in [4.78, 5) is 0. The third-order valence-electron chi connectivity index (χ3n) is 8.60. The second-order valence-electron chi connectivity index (χ2n) is 10.9. The molecule has 1 aliphatic rings. The molecule has 0 bridgehead atoms. The first-order valence-electron chi connectivity index (χ1n) is 13.1. The van der Waals surface area contributed by atoms with E-state index in [9.17, 15) is 0 Å². The van der Waals surface area contributed by atoms with Crippen LogP contribution in [0.1, 0.15) is 25.0 Å². The van der Waals surface area contributed by atoms with Crippen LogP contribution in [0, 0.1) is 0 Å². The van der Waals surface area contributed by atoms with Crippen LogP contribution in [0.25, 0.3) is 65.3 Å². The zero-order valence-electron chi connectivity index (χ0n) is 21.0. The number of rotatable bonds is 1. The van der Waals surface area contributed by atoms with Gasteiger partial charge < -0.3 is 0 Å². The lowest BCUT2D eigenvalue weighted by Gasteiger charge is -2.24. The van der Waals surface area contributed by atoms with Gasteiger partial charge in [0.15, 0.2) is 0 Å². The molecule has 0 N–H and O–H groups in total. The van der Waals surface area contributed by atoms with Gasteiger partial charge in [0, 0.05) is 5.41 Å². The van der Waals surface area contributed by atoms with Crippen molar-refractivity contribution in [1.82, 2.24) is 0 Å². The van der Waals surface area contributed by atoms with Crippen LogP contribution in [0.3, 0.4) is 0 Å². The quantitative estimate of drug-likeness (QED) is 0.165. The van der Waals surface area contributed by atoms with E-state index in [4.69, 9.17) is 0 Å². The van der Waals surface area contributed by atoms with Crippen molar-refractivity contribution in [2.45, 2.75) is 19.3 Å². The maximum Gasteiger partial charge on any atom is 0.0165 e. The molecule has 0 heteroatoms. The first-order chi connectivity index (χ1) is 18.1. The summed E-state index contributed by atoms with van der Waals surface area (Å²) in [6.45, 7) is 4.78. The monoisotopic (exact) mass is 470 g/mol. The fourth-order valence-corrected chi connectivity index (χ4v) is 6.89. The summed E-state index contributed by atoms with van der Waals surface area (Å²) in [5, 5.41) is 10.5. The van der Waals surface area contributed by atoms with E-state index in [1.165, 1.54) is 76.5 Å². The van der Waals surface area contributed by atoms with Crippen LogP contribution in [0.2, 0.25) is 0 Å². The van der Waals surface area contributed by atoms with Crippen molar-refractivity contribution in [3.8, 4) is 22.3 Å². The lowest BCUT2D eigenvalue weighted by molar-refractivity contribution is 0.666. The van der Waals surface area contributed by atoms with Gasteiger partial charge in [0.2, 0.25) is 0 Å². The summed E-state index contributed by atoms with van der Waals surface area (Å²) in [7, 11) is 0. The normalized spacial score (nSPS) is 13.9. The van der Waals surface area contributed by atoms with Gasteiger partial charge in [-0.25, -0.2) is 0 Å². The standard InChI is InChI=1S/C37H26/c1-37(2)34-22-26(17-18-30(34)32-20-16-24-10-4-8-14-29(24)36(32)37)35-28-13-7-5-11-25(28)21-33-27-12-6-3-9-23(27)15-19-31(33)35/h3-22H,1-2H3. The van der Waals surface area contributed by atoms with Crippen molar-refractivity contribution in [3.63, 3.8) is 0 Å². The number of hydrogen-bond donors (Lipinski definition) is 0. The Kier molecular flexibility index (Phi) is 4.10. The number of hydrogen-bond acceptors (Lipinski definition) is 0. The first kappa shape index (κ1) is 20.7. The molecule has 0 atom stereocenters.